The van der Waals surface area contributed by atoms with Gasteiger partial charge in [0.15, 0.2) is 0 Å². The van der Waals surface area contributed by atoms with E-state index in [-0.39, 0.29) is 11.8 Å². The molecule has 1 rings (SSSR count). The number of carbonyl (C=O) groups excluding carboxylic acids is 1. The third kappa shape index (κ3) is 5.04. The van der Waals surface area contributed by atoms with Crippen LogP contribution in [0.2, 0.25) is 0 Å². The number of nitrogens with two attached hydrogens (primary N) is 1. The highest BCUT2D eigenvalue weighted by Gasteiger charge is 2.19. The Morgan fingerprint density at radius 2 is 2.12 bits per heavy atom. The number of rotatable bonds is 7. The zero-order chi connectivity index (χ0) is 12.7. The fourth-order valence-electron chi connectivity index (χ4n) is 2.09. The third-order valence-electron chi connectivity index (χ3n) is 3.62. The van der Waals surface area contributed by atoms with Crippen LogP contribution in [-0.2, 0) is 9.53 Å². The summed E-state index contributed by atoms with van der Waals surface area (Å²) in [5, 5.41) is 2.83. The Balaban J connectivity index is 2.06. The molecule has 2 atom stereocenters. The molecule has 0 saturated heterocycles. The standard InChI is InChI=1S/C13H26N2O2/c1-3-10(2)12(14)13(16)15-8-9-17-11-6-4-5-7-11/h10-12H,3-9,14H2,1-2H3,(H,15,16)/t10-,12-/m0/s1. The SMILES string of the molecule is CC[C@H](C)[C@H](N)C(=O)NCCOC1CCCC1. The first-order valence-electron chi connectivity index (χ1n) is 6.80. The highest BCUT2D eigenvalue weighted by molar-refractivity contribution is 5.81. The van der Waals surface area contributed by atoms with Gasteiger partial charge in [0.2, 0.25) is 5.91 Å². The summed E-state index contributed by atoms with van der Waals surface area (Å²) < 4.78 is 5.66. The van der Waals surface area contributed by atoms with E-state index in [2.05, 4.69) is 5.32 Å². The van der Waals surface area contributed by atoms with Crippen molar-refractivity contribution in [2.24, 2.45) is 11.7 Å². The van der Waals surface area contributed by atoms with Gasteiger partial charge in [0.1, 0.15) is 0 Å². The van der Waals surface area contributed by atoms with Gasteiger partial charge in [-0.1, -0.05) is 33.1 Å². The number of carbonyl (C=O) groups is 1. The Bertz CT molecular complexity index is 227. The molecule has 4 heteroatoms. The van der Waals surface area contributed by atoms with Gasteiger partial charge >= 0.3 is 0 Å². The summed E-state index contributed by atoms with van der Waals surface area (Å²) in [4.78, 5) is 11.6. The van der Waals surface area contributed by atoms with E-state index in [9.17, 15) is 4.79 Å². The Kier molecular flexibility index (Phi) is 6.52. The van der Waals surface area contributed by atoms with Crippen LogP contribution in [0.15, 0.2) is 0 Å². The quantitative estimate of drug-likeness (QED) is 0.664. The second-order valence-electron chi connectivity index (χ2n) is 4.98. The molecule has 0 aromatic heterocycles. The zero-order valence-electron chi connectivity index (χ0n) is 11.1. The molecular weight excluding hydrogens is 216 g/mol. The number of hydrogen-bond acceptors (Lipinski definition) is 3. The Morgan fingerprint density at radius 3 is 2.71 bits per heavy atom. The largest absolute Gasteiger partial charge is 0.376 e. The molecule has 100 valence electrons. The maximum absolute atomic E-state index is 11.6. The molecule has 4 nitrogen and oxygen atoms in total. The Hall–Kier alpha value is -0.610. The molecule has 0 aromatic rings. The topological polar surface area (TPSA) is 64.4 Å². The third-order valence-corrected chi connectivity index (χ3v) is 3.62. The van der Waals surface area contributed by atoms with Crippen LogP contribution in [0.5, 0.6) is 0 Å². The van der Waals surface area contributed by atoms with Crippen molar-refractivity contribution in [1.29, 1.82) is 0 Å². The first-order chi connectivity index (χ1) is 8.15. The molecule has 0 spiro atoms. The van der Waals surface area contributed by atoms with Crippen LogP contribution in [-0.4, -0.2) is 31.2 Å². The van der Waals surface area contributed by atoms with Crippen molar-refractivity contribution >= 4 is 5.91 Å². The minimum absolute atomic E-state index is 0.0608. The highest BCUT2D eigenvalue weighted by atomic mass is 16.5. The van der Waals surface area contributed by atoms with Crippen molar-refractivity contribution < 1.29 is 9.53 Å². The highest BCUT2D eigenvalue weighted by Crippen LogP contribution is 2.20. The normalized spacial score (nSPS) is 20.2. The van der Waals surface area contributed by atoms with Crippen LogP contribution in [0.3, 0.4) is 0 Å². The van der Waals surface area contributed by atoms with E-state index in [1.165, 1.54) is 25.7 Å². The second kappa shape index (κ2) is 7.67. The van der Waals surface area contributed by atoms with Gasteiger partial charge in [0.25, 0.3) is 0 Å². The van der Waals surface area contributed by atoms with Gasteiger partial charge in [-0.2, -0.15) is 0 Å². The smallest absolute Gasteiger partial charge is 0.237 e. The molecule has 1 aliphatic rings. The summed E-state index contributed by atoms with van der Waals surface area (Å²) in [6, 6.07) is -0.397. The van der Waals surface area contributed by atoms with E-state index in [1.54, 1.807) is 0 Å². The van der Waals surface area contributed by atoms with Crippen LogP contribution in [0.1, 0.15) is 46.0 Å². The molecule has 0 bridgehead atoms. The summed E-state index contributed by atoms with van der Waals surface area (Å²) in [5.41, 5.74) is 5.82. The van der Waals surface area contributed by atoms with E-state index in [4.69, 9.17) is 10.5 Å². The van der Waals surface area contributed by atoms with Gasteiger partial charge in [-0.15, -0.1) is 0 Å². The monoisotopic (exact) mass is 242 g/mol. The molecule has 1 saturated carbocycles. The molecule has 1 fully saturated rings. The first-order valence-corrected chi connectivity index (χ1v) is 6.80. The van der Waals surface area contributed by atoms with Gasteiger partial charge in [-0.3, -0.25) is 4.79 Å². The minimum Gasteiger partial charge on any atom is -0.376 e. The van der Waals surface area contributed by atoms with Gasteiger partial charge in [0, 0.05) is 6.54 Å². The van der Waals surface area contributed by atoms with Crippen molar-refractivity contribution in [3.63, 3.8) is 0 Å². The molecule has 1 amide bonds. The summed E-state index contributed by atoms with van der Waals surface area (Å²) in [6.07, 6.45) is 6.22. The molecule has 0 heterocycles. The van der Waals surface area contributed by atoms with Gasteiger partial charge < -0.3 is 15.8 Å². The summed E-state index contributed by atoms with van der Waals surface area (Å²) >= 11 is 0. The molecular formula is C13H26N2O2. The second-order valence-corrected chi connectivity index (χ2v) is 4.98. The molecule has 17 heavy (non-hydrogen) atoms. The lowest BCUT2D eigenvalue weighted by molar-refractivity contribution is -0.123. The van der Waals surface area contributed by atoms with Crippen molar-refractivity contribution in [2.45, 2.75) is 58.1 Å². The van der Waals surface area contributed by atoms with Crippen LogP contribution in [0.25, 0.3) is 0 Å². The van der Waals surface area contributed by atoms with Gasteiger partial charge in [-0.05, 0) is 18.8 Å². The zero-order valence-corrected chi connectivity index (χ0v) is 11.1. The Labute approximate surface area is 104 Å². The summed E-state index contributed by atoms with van der Waals surface area (Å²) in [6.45, 7) is 5.21. The average Bonchev–Trinajstić information content (AvgIpc) is 2.85. The predicted octanol–water partition coefficient (Wildman–Crippen LogP) is 1.44. The van der Waals surface area contributed by atoms with E-state index in [0.29, 0.717) is 19.3 Å². The van der Waals surface area contributed by atoms with Crippen molar-refractivity contribution in [2.75, 3.05) is 13.2 Å². The lowest BCUT2D eigenvalue weighted by Crippen LogP contribution is -2.45. The van der Waals surface area contributed by atoms with Crippen LogP contribution in [0.4, 0.5) is 0 Å². The molecule has 0 aliphatic heterocycles. The van der Waals surface area contributed by atoms with Gasteiger partial charge in [-0.25, -0.2) is 0 Å². The predicted molar refractivity (Wildman–Crippen MR) is 68.6 cm³/mol. The van der Waals surface area contributed by atoms with E-state index < -0.39 is 6.04 Å². The van der Waals surface area contributed by atoms with Crippen molar-refractivity contribution in [1.82, 2.24) is 5.32 Å². The summed E-state index contributed by atoms with van der Waals surface area (Å²) in [7, 11) is 0. The maximum atomic E-state index is 11.6. The molecule has 0 radical (unpaired) electrons. The maximum Gasteiger partial charge on any atom is 0.237 e. The molecule has 3 N–H and O–H groups in total. The van der Waals surface area contributed by atoms with E-state index >= 15 is 0 Å². The van der Waals surface area contributed by atoms with Crippen LogP contribution >= 0.6 is 0 Å². The lowest BCUT2D eigenvalue weighted by Gasteiger charge is -2.18. The van der Waals surface area contributed by atoms with Crippen LogP contribution < -0.4 is 11.1 Å². The van der Waals surface area contributed by atoms with Crippen molar-refractivity contribution in [3.8, 4) is 0 Å². The number of nitrogens with one attached hydrogen (secondary N) is 1. The number of hydrogen-bond donors (Lipinski definition) is 2. The van der Waals surface area contributed by atoms with Crippen molar-refractivity contribution in [3.05, 3.63) is 0 Å². The van der Waals surface area contributed by atoms with E-state index in [1.807, 2.05) is 13.8 Å². The lowest BCUT2D eigenvalue weighted by atomic mass is 9.99. The molecule has 0 unspecified atom stereocenters. The first kappa shape index (κ1) is 14.5. The molecule has 1 aliphatic carbocycles. The molecule has 0 aromatic carbocycles. The fraction of sp³-hybridized carbons (Fsp3) is 0.923. The number of amides is 1. The summed E-state index contributed by atoms with van der Waals surface area (Å²) in [5.74, 6) is 0.167. The fourth-order valence-corrected chi connectivity index (χ4v) is 2.09. The number of ether oxygens (including phenoxy) is 1. The van der Waals surface area contributed by atoms with Gasteiger partial charge in [0.05, 0.1) is 18.8 Å². The van der Waals surface area contributed by atoms with E-state index in [0.717, 1.165) is 6.42 Å². The minimum atomic E-state index is -0.397. The van der Waals surface area contributed by atoms with Crippen LogP contribution in [0, 0.1) is 5.92 Å². The Morgan fingerprint density at radius 1 is 1.47 bits per heavy atom. The average molecular weight is 242 g/mol.